The zero-order chi connectivity index (χ0) is 14.9. The van der Waals surface area contributed by atoms with Crippen molar-refractivity contribution in [3.63, 3.8) is 0 Å². The first-order valence-electron chi connectivity index (χ1n) is 6.58. The summed E-state index contributed by atoms with van der Waals surface area (Å²) in [6.45, 7) is 15.8. The lowest BCUT2D eigenvalue weighted by molar-refractivity contribution is 0.411. The fourth-order valence-electron chi connectivity index (χ4n) is 1.84. The fourth-order valence-corrected chi connectivity index (χ4v) is 1.84. The Balaban J connectivity index is 0.00000154. The third-order valence-corrected chi connectivity index (χ3v) is 2.54. The van der Waals surface area contributed by atoms with Crippen molar-refractivity contribution in [3.8, 4) is 0 Å². The van der Waals surface area contributed by atoms with Crippen LogP contribution in [0.25, 0.3) is 5.57 Å². The summed E-state index contributed by atoms with van der Waals surface area (Å²) in [6.07, 6.45) is 6.73. The van der Waals surface area contributed by atoms with Crippen molar-refractivity contribution >= 4 is 13.4 Å². The molecule has 0 aliphatic heterocycles. The van der Waals surface area contributed by atoms with Gasteiger partial charge < -0.3 is 0 Å². The first-order chi connectivity index (χ1) is 8.96. The van der Waals surface area contributed by atoms with Gasteiger partial charge in [-0.3, -0.25) is 0 Å². The smallest absolute Gasteiger partial charge is 0.0606 e. The monoisotopic (exact) mass is 252 g/mol. The number of benzene rings is 1. The number of hydrogen-bond acceptors (Lipinski definition) is 0. The molecular formula is C18H25B. The highest BCUT2D eigenvalue weighted by atomic mass is 14.2. The average molecular weight is 252 g/mol. The van der Waals surface area contributed by atoms with Crippen LogP contribution in [0.1, 0.15) is 31.9 Å². The second-order valence-corrected chi connectivity index (χ2v) is 5.50. The van der Waals surface area contributed by atoms with Gasteiger partial charge in [0.2, 0.25) is 0 Å². The Morgan fingerprint density at radius 1 is 1.11 bits per heavy atom. The van der Waals surface area contributed by atoms with E-state index in [4.69, 9.17) is 0 Å². The van der Waals surface area contributed by atoms with E-state index in [2.05, 4.69) is 66.0 Å². The molecule has 0 unspecified atom stereocenters. The fraction of sp³-hybridized carbons (Fsp3) is 0.333. The molecule has 0 heterocycles. The van der Waals surface area contributed by atoms with E-state index in [0.29, 0.717) is 5.41 Å². The molecule has 1 aromatic carbocycles. The van der Waals surface area contributed by atoms with E-state index in [-0.39, 0.29) is 0 Å². The van der Waals surface area contributed by atoms with Crippen LogP contribution in [0, 0.1) is 5.41 Å². The van der Waals surface area contributed by atoms with Crippen LogP contribution in [-0.2, 0) is 6.42 Å². The SMILES string of the molecule is C=C/C=C(\C=C)c1ccc(CC(C)(C)C)cc1.[B]C. The molecule has 0 saturated carbocycles. The molecule has 1 aromatic rings. The van der Waals surface area contributed by atoms with Crippen LogP contribution in [0.4, 0.5) is 0 Å². The van der Waals surface area contributed by atoms with Crippen molar-refractivity contribution in [2.75, 3.05) is 0 Å². The summed E-state index contributed by atoms with van der Waals surface area (Å²) in [5.41, 5.74) is 4.02. The van der Waals surface area contributed by atoms with Gasteiger partial charge >= 0.3 is 0 Å². The second kappa shape index (κ2) is 8.58. The Bertz CT molecular complexity index is 416. The van der Waals surface area contributed by atoms with Crippen LogP contribution >= 0.6 is 0 Å². The number of allylic oxidation sites excluding steroid dienone is 4. The van der Waals surface area contributed by atoms with Gasteiger partial charge in [-0.05, 0) is 28.5 Å². The zero-order valence-electron chi connectivity index (χ0n) is 12.7. The highest BCUT2D eigenvalue weighted by Crippen LogP contribution is 2.22. The van der Waals surface area contributed by atoms with Crippen molar-refractivity contribution < 1.29 is 0 Å². The molecule has 0 aromatic heterocycles. The predicted molar refractivity (Wildman–Crippen MR) is 89.6 cm³/mol. The number of rotatable bonds is 4. The van der Waals surface area contributed by atoms with E-state index in [9.17, 15) is 0 Å². The highest BCUT2D eigenvalue weighted by molar-refractivity contribution is 6.05. The lowest BCUT2D eigenvalue weighted by atomic mass is 9.87. The highest BCUT2D eigenvalue weighted by Gasteiger charge is 2.10. The molecule has 0 spiro atoms. The summed E-state index contributed by atoms with van der Waals surface area (Å²) in [6, 6.07) is 8.69. The Labute approximate surface area is 120 Å². The molecule has 0 fully saturated rings. The van der Waals surface area contributed by atoms with E-state index in [1.165, 1.54) is 17.9 Å². The summed E-state index contributed by atoms with van der Waals surface area (Å²) in [5.74, 6) is 0. The quantitative estimate of drug-likeness (QED) is 0.508. The molecule has 0 aliphatic rings. The predicted octanol–water partition coefficient (Wildman–Crippen LogP) is 5.23. The molecule has 0 aliphatic carbocycles. The van der Waals surface area contributed by atoms with E-state index in [1.807, 2.05) is 12.2 Å². The van der Waals surface area contributed by atoms with Crippen LogP contribution in [0.2, 0.25) is 6.82 Å². The van der Waals surface area contributed by atoms with E-state index in [0.717, 1.165) is 12.0 Å². The summed E-state index contributed by atoms with van der Waals surface area (Å²) >= 11 is 0. The molecule has 1 heteroatoms. The Morgan fingerprint density at radius 3 is 2.00 bits per heavy atom. The molecule has 1 rings (SSSR count). The van der Waals surface area contributed by atoms with Crippen molar-refractivity contribution in [2.24, 2.45) is 5.41 Å². The maximum Gasteiger partial charge on any atom is 0.0606 e. The van der Waals surface area contributed by atoms with Crippen LogP contribution in [0.15, 0.2) is 55.7 Å². The van der Waals surface area contributed by atoms with Crippen molar-refractivity contribution in [1.82, 2.24) is 0 Å². The normalized spacial score (nSPS) is 11.3. The maximum absolute atomic E-state index is 4.50. The Hall–Kier alpha value is -1.50. The maximum atomic E-state index is 4.50. The van der Waals surface area contributed by atoms with Crippen LogP contribution in [-0.4, -0.2) is 7.85 Å². The first-order valence-corrected chi connectivity index (χ1v) is 6.58. The minimum Gasteiger partial charge on any atom is -0.0999 e. The third kappa shape index (κ3) is 6.86. The van der Waals surface area contributed by atoms with Crippen LogP contribution < -0.4 is 0 Å². The molecule has 0 atom stereocenters. The standard InChI is InChI=1S/C17H22.CH3B/c1-6-8-15(7-2)16-11-9-14(10-12-16)13-17(3,4)5;1-2/h6-12H,1-2,13H2,3-5H3;1H3/b15-8+;. The van der Waals surface area contributed by atoms with Gasteiger partial charge in [-0.15, -0.1) is 0 Å². The van der Waals surface area contributed by atoms with Gasteiger partial charge in [-0.2, -0.15) is 0 Å². The largest absolute Gasteiger partial charge is 0.0999 e. The minimum absolute atomic E-state index is 0.333. The Morgan fingerprint density at radius 2 is 1.63 bits per heavy atom. The summed E-state index contributed by atoms with van der Waals surface area (Å²) < 4.78 is 0. The molecule has 0 nitrogen and oxygen atoms in total. The van der Waals surface area contributed by atoms with Crippen LogP contribution in [0.3, 0.4) is 0 Å². The first kappa shape index (κ1) is 17.5. The van der Waals surface area contributed by atoms with Gasteiger partial charge in [0.05, 0.1) is 7.85 Å². The van der Waals surface area contributed by atoms with Gasteiger partial charge in [0.1, 0.15) is 0 Å². The summed E-state index contributed by atoms with van der Waals surface area (Å²) in [4.78, 5) is 0. The molecule has 100 valence electrons. The third-order valence-electron chi connectivity index (χ3n) is 2.54. The van der Waals surface area contributed by atoms with E-state index in [1.54, 1.807) is 6.08 Å². The molecular weight excluding hydrogens is 227 g/mol. The van der Waals surface area contributed by atoms with E-state index >= 15 is 0 Å². The molecule has 19 heavy (non-hydrogen) atoms. The van der Waals surface area contributed by atoms with Gasteiger partial charge in [0, 0.05) is 0 Å². The average Bonchev–Trinajstić information content (AvgIpc) is 2.38. The topological polar surface area (TPSA) is 0 Å². The molecule has 0 amide bonds. The van der Waals surface area contributed by atoms with Gasteiger partial charge in [-0.1, -0.05) is 83.2 Å². The lowest BCUT2D eigenvalue weighted by Gasteiger charge is -2.18. The second-order valence-electron chi connectivity index (χ2n) is 5.50. The van der Waals surface area contributed by atoms with Gasteiger partial charge in [0.15, 0.2) is 0 Å². The summed E-state index contributed by atoms with van der Waals surface area (Å²) in [7, 11) is 4.50. The molecule has 2 radical (unpaired) electrons. The minimum atomic E-state index is 0.333. The summed E-state index contributed by atoms with van der Waals surface area (Å²) in [5, 5.41) is 0. The van der Waals surface area contributed by atoms with Crippen molar-refractivity contribution in [2.45, 2.75) is 34.0 Å². The van der Waals surface area contributed by atoms with Gasteiger partial charge in [-0.25, -0.2) is 0 Å². The lowest BCUT2D eigenvalue weighted by Crippen LogP contribution is -2.08. The molecule has 0 saturated heterocycles. The van der Waals surface area contributed by atoms with Crippen molar-refractivity contribution in [3.05, 3.63) is 66.8 Å². The Kier molecular flexibility index (Phi) is 7.90. The number of hydrogen-bond donors (Lipinski definition) is 0. The zero-order valence-corrected chi connectivity index (χ0v) is 12.7. The molecule has 0 bridgehead atoms. The van der Waals surface area contributed by atoms with Crippen LogP contribution in [0.5, 0.6) is 0 Å². The van der Waals surface area contributed by atoms with Crippen molar-refractivity contribution in [1.29, 1.82) is 0 Å². The molecule has 0 N–H and O–H groups in total. The van der Waals surface area contributed by atoms with Gasteiger partial charge in [0.25, 0.3) is 0 Å². The van der Waals surface area contributed by atoms with E-state index < -0.39 is 0 Å².